The molecule has 0 aliphatic carbocycles. The molecule has 2 aromatic heterocycles. The molecule has 2 rings (SSSR count). The molecular formula is C12H10O2S. The fourth-order valence-electron chi connectivity index (χ4n) is 1.21. The number of thiophene rings is 1. The number of allylic oxidation sites excluding steroid dienone is 1. The second-order valence-corrected chi connectivity index (χ2v) is 4.13. The van der Waals surface area contributed by atoms with Gasteiger partial charge in [0.15, 0.2) is 5.78 Å². The maximum absolute atomic E-state index is 11.6. The van der Waals surface area contributed by atoms with E-state index in [2.05, 4.69) is 0 Å². The van der Waals surface area contributed by atoms with Gasteiger partial charge in [0.1, 0.15) is 6.26 Å². The van der Waals surface area contributed by atoms with E-state index in [1.807, 2.05) is 24.4 Å². The van der Waals surface area contributed by atoms with E-state index in [4.69, 9.17) is 4.42 Å². The summed E-state index contributed by atoms with van der Waals surface area (Å²) >= 11 is 1.63. The summed E-state index contributed by atoms with van der Waals surface area (Å²) in [6, 6.07) is 3.70. The molecule has 2 heterocycles. The molecule has 0 aromatic carbocycles. The molecule has 0 amide bonds. The molecule has 15 heavy (non-hydrogen) atoms. The van der Waals surface area contributed by atoms with Gasteiger partial charge in [-0.3, -0.25) is 4.79 Å². The number of hydrogen-bond acceptors (Lipinski definition) is 3. The second kappa shape index (κ2) is 4.28. The molecule has 0 N–H and O–H groups in total. The fourth-order valence-corrected chi connectivity index (χ4v) is 2.03. The van der Waals surface area contributed by atoms with Gasteiger partial charge in [-0.1, -0.05) is 0 Å². The third kappa shape index (κ3) is 2.25. The monoisotopic (exact) mass is 218 g/mol. The Morgan fingerprint density at radius 3 is 2.93 bits per heavy atom. The highest BCUT2D eigenvalue weighted by Gasteiger charge is 2.02. The lowest BCUT2D eigenvalue weighted by molar-refractivity contribution is 0.104. The summed E-state index contributed by atoms with van der Waals surface area (Å²) in [4.78, 5) is 12.7. The molecule has 0 atom stereocenters. The summed E-state index contributed by atoms with van der Waals surface area (Å²) < 4.78 is 4.84. The van der Waals surface area contributed by atoms with Crippen molar-refractivity contribution in [2.24, 2.45) is 0 Å². The summed E-state index contributed by atoms with van der Waals surface area (Å²) in [5, 5.41) is 2.01. The summed E-state index contributed by atoms with van der Waals surface area (Å²) in [7, 11) is 0. The van der Waals surface area contributed by atoms with Gasteiger partial charge in [-0.15, -0.1) is 11.3 Å². The SMILES string of the molecule is Cc1ccsc1/C=C/C(=O)c1ccoc1. The molecule has 0 bridgehead atoms. The van der Waals surface area contributed by atoms with E-state index in [0.717, 1.165) is 4.88 Å². The first kappa shape index (κ1) is 9.93. The van der Waals surface area contributed by atoms with Gasteiger partial charge < -0.3 is 4.42 Å². The molecule has 0 aliphatic heterocycles. The molecule has 0 spiro atoms. The van der Waals surface area contributed by atoms with Gasteiger partial charge in [-0.25, -0.2) is 0 Å². The van der Waals surface area contributed by atoms with E-state index >= 15 is 0 Å². The van der Waals surface area contributed by atoms with Crippen molar-refractivity contribution < 1.29 is 9.21 Å². The van der Waals surface area contributed by atoms with E-state index in [1.54, 1.807) is 23.5 Å². The third-order valence-corrected chi connectivity index (χ3v) is 3.08. The average molecular weight is 218 g/mol. The minimum absolute atomic E-state index is 0.0310. The highest BCUT2D eigenvalue weighted by atomic mass is 32.1. The van der Waals surface area contributed by atoms with Gasteiger partial charge in [-0.05, 0) is 42.2 Å². The van der Waals surface area contributed by atoms with E-state index in [0.29, 0.717) is 5.56 Å². The number of carbonyl (C=O) groups excluding carboxylic acids is 1. The zero-order valence-electron chi connectivity index (χ0n) is 8.27. The quantitative estimate of drug-likeness (QED) is 0.582. The molecule has 3 heteroatoms. The fraction of sp³-hybridized carbons (Fsp3) is 0.0833. The van der Waals surface area contributed by atoms with Crippen LogP contribution in [-0.4, -0.2) is 5.78 Å². The van der Waals surface area contributed by atoms with Crippen LogP contribution in [0.1, 0.15) is 20.8 Å². The van der Waals surface area contributed by atoms with Gasteiger partial charge in [0.25, 0.3) is 0 Å². The largest absolute Gasteiger partial charge is 0.472 e. The van der Waals surface area contributed by atoms with Gasteiger partial charge in [0, 0.05) is 4.88 Å². The Bertz CT molecular complexity index is 477. The number of rotatable bonds is 3. The first-order valence-corrected chi connectivity index (χ1v) is 5.44. The summed E-state index contributed by atoms with van der Waals surface area (Å²) in [5.74, 6) is -0.0310. The molecule has 0 saturated carbocycles. The Kier molecular flexibility index (Phi) is 2.83. The summed E-state index contributed by atoms with van der Waals surface area (Å²) in [5.41, 5.74) is 1.77. The highest BCUT2D eigenvalue weighted by molar-refractivity contribution is 7.11. The topological polar surface area (TPSA) is 30.2 Å². The maximum atomic E-state index is 11.6. The number of hydrogen-bond donors (Lipinski definition) is 0. The lowest BCUT2D eigenvalue weighted by Gasteiger charge is -1.89. The molecule has 0 fully saturated rings. The first-order chi connectivity index (χ1) is 7.27. The summed E-state index contributed by atoms with van der Waals surface area (Å²) in [6.45, 7) is 2.03. The molecule has 0 aliphatic rings. The number of aryl methyl sites for hydroxylation is 1. The van der Waals surface area contributed by atoms with Crippen LogP contribution in [0.4, 0.5) is 0 Å². The minimum atomic E-state index is -0.0310. The Morgan fingerprint density at radius 1 is 1.47 bits per heavy atom. The van der Waals surface area contributed by atoms with Crippen LogP contribution in [0.2, 0.25) is 0 Å². The number of ketones is 1. The molecule has 2 nitrogen and oxygen atoms in total. The van der Waals surface area contributed by atoms with Gasteiger partial charge in [0.05, 0.1) is 11.8 Å². The molecule has 0 unspecified atom stereocenters. The second-order valence-electron chi connectivity index (χ2n) is 3.18. The van der Waals surface area contributed by atoms with Crippen LogP contribution in [0.15, 0.2) is 40.5 Å². The highest BCUT2D eigenvalue weighted by Crippen LogP contribution is 2.17. The van der Waals surface area contributed by atoms with Crippen LogP contribution in [0.3, 0.4) is 0 Å². The molecule has 76 valence electrons. The smallest absolute Gasteiger partial charge is 0.189 e. The van der Waals surface area contributed by atoms with Crippen LogP contribution >= 0.6 is 11.3 Å². The van der Waals surface area contributed by atoms with E-state index in [-0.39, 0.29) is 5.78 Å². The minimum Gasteiger partial charge on any atom is -0.472 e. The van der Waals surface area contributed by atoms with Crippen LogP contribution in [0, 0.1) is 6.92 Å². The van der Waals surface area contributed by atoms with Gasteiger partial charge >= 0.3 is 0 Å². The van der Waals surface area contributed by atoms with Crippen molar-refractivity contribution in [1.29, 1.82) is 0 Å². The molecule has 0 saturated heterocycles. The standard InChI is InChI=1S/C12H10O2S/c1-9-5-7-15-12(9)3-2-11(13)10-4-6-14-8-10/h2-8H,1H3/b3-2+. The van der Waals surface area contributed by atoms with Crippen molar-refractivity contribution in [3.05, 3.63) is 52.1 Å². The van der Waals surface area contributed by atoms with Crippen molar-refractivity contribution in [1.82, 2.24) is 0 Å². The zero-order chi connectivity index (χ0) is 10.7. The predicted molar refractivity (Wildman–Crippen MR) is 61.1 cm³/mol. The Balaban J connectivity index is 2.13. The third-order valence-electron chi connectivity index (χ3n) is 2.09. The van der Waals surface area contributed by atoms with Gasteiger partial charge in [-0.2, -0.15) is 0 Å². The molecular weight excluding hydrogens is 208 g/mol. The van der Waals surface area contributed by atoms with Crippen LogP contribution in [0.5, 0.6) is 0 Å². The predicted octanol–water partition coefficient (Wildman–Crippen LogP) is 3.55. The lowest BCUT2D eigenvalue weighted by Crippen LogP contribution is -1.89. The molecule has 2 aromatic rings. The maximum Gasteiger partial charge on any atom is 0.189 e. The summed E-state index contributed by atoms with van der Waals surface area (Å²) in [6.07, 6.45) is 6.37. The zero-order valence-corrected chi connectivity index (χ0v) is 9.08. The molecule has 0 radical (unpaired) electrons. The Morgan fingerprint density at radius 2 is 2.33 bits per heavy atom. The lowest BCUT2D eigenvalue weighted by atomic mass is 10.2. The van der Waals surface area contributed by atoms with Crippen molar-refractivity contribution in [2.75, 3.05) is 0 Å². The first-order valence-electron chi connectivity index (χ1n) is 4.56. The normalized spacial score (nSPS) is 11.0. The average Bonchev–Trinajstić information content (AvgIpc) is 2.85. The van der Waals surface area contributed by atoms with Crippen molar-refractivity contribution >= 4 is 23.2 Å². The van der Waals surface area contributed by atoms with Crippen LogP contribution < -0.4 is 0 Å². The van der Waals surface area contributed by atoms with Crippen LogP contribution in [0.25, 0.3) is 6.08 Å². The van der Waals surface area contributed by atoms with Crippen molar-refractivity contribution in [2.45, 2.75) is 6.92 Å². The van der Waals surface area contributed by atoms with Gasteiger partial charge in [0.2, 0.25) is 0 Å². The van der Waals surface area contributed by atoms with Crippen molar-refractivity contribution in [3.63, 3.8) is 0 Å². The Labute approximate surface area is 91.9 Å². The number of carbonyl (C=O) groups is 1. The van der Waals surface area contributed by atoms with Crippen LogP contribution in [-0.2, 0) is 0 Å². The van der Waals surface area contributed by atoms with E-state index < -0.39 is 0 Å². The Hall–Kier alpha value is -1.61. The van der Waals surface area contributed by atoms with E-state index in [9.17, 15) is 4.79 Å². The number of furan rings is 1. The van der Waals surface area contributed by atoms with Crippen molar-refractivity contribution in [3.8, 4) is 0 Å². The van der Waals surface area contributed by atoms with E-state index in [1.165, 1.54) is 18.1 Å².